The maximum atomic E-state index is 10.4. The molecule has 0 saturated carbocycles. The van der Waals surface area contributed by atoms with Gasteiger partial charge in [-0.15, -0.1) is 0 Å². The van der Waals surface area contributed by atoms with Crippen molar-refractivity contribution >= 4 is 5.97 Å². The van der Waals surface area contributed by atoms with E-state index in [2.05, 4.69) is 5.32 Å². The molecular weight excluding hydrogens is 374 g/mol. The topological polar surface area (TPSA) is 97.3 Å². The molecule has 2 rings (SSSR count). The summed E-state index contributed by atoms with van der Waals surface area (Å²) in [4.78, 5) is 10.4. The molecule has 0 radical (unpaired) electrons. The first-order valence-electron chi connectivity index (χ1n) is 8.27. The van der Waals surface area contributed by atoms with Gasteiger partial charge in [0.15, 0.2) is 6.61 Å². The molecule has 0 unspecified atom stereocenters. The van der Waals surface area contributed by atoms with Gasteiger partial charge in [-0.25, -0.2) is 4.79 Å². The zero-order valence-electron chi connectivity index (χ0n) is 14.7. The minimum Gasteiger partial charge on any atom is -1.00 e. The molecular formula is C19H23ClNO6-. The Morgan fingerprint density at radius 2 is 1.52 bits per heavy atom. The van der Waals surface area contributed by atoms with E-state index in [0.717, 1.165) is 5.75 Å². The first-order chi connectivity index (χ1) is 12.6. The summed E-state index contributed by atoms with van der Waals surface area (Å²) in [5, 5.41) is 21.5. The van der Waals surface area contributed by atoms with E-state index in [-0.39, 0.29) is 25.6 Å². The normalized spacial score (nSPS) is 11.1. The van der Waals surface area contributed by atoms with Gasteiger partial charge in [-0.3, -0.25) is 0 Å². The van der Waals surface area contributed by atoms with Crippen molar-refractivity contribution in [1.29, 1.82) is 0 Å². The van der Waals surface area contributed by atoms with Gasteiger partial charge in [0.25, 0.3) is 0 Å². The maximum Gasteiger partial charge on any atom is 0.341 e. The number of ether oxygens (including phenoxy) is 3. The number of aliphatic hydroxyl groups excluding tert-OH is 1. The van der Waals surface area contributed by atoms with Crippen LogP contribution in [0.15, 0.2) is 54.6 Å². The summed E-state index contributed by atoms with van der Waals surface area (Å²) in [6.45, 7) is 1.25. The number of hydrogen-bond donors (Lipinski definition) is 3. The Kier molecular flexibility index (Phi) is 10.7. The minimum absolute atomic E-state index is 0. The van der Waals surface area contributed by atoms with E-state index in [4.69, 9.17) is 19.3 Å². The van der Waals surface area contributed by atoms with Gasteiger partial charge in [0.2, 0.25) is 0 Å². The van der Waals surface area contributed by atoms with Crippen LogP contribution in [0.3, 0.4) is 0 Å². The van der Waals surface area contributed by atoms with Crippen molar-refractivity contribution in [2.24, 2.45) is 0 Å². The van der Waals surface area contributed by atoms with Gasteiger partial charge in [-0.1, -0.05) is 18.2 Å². The lowest BCUT2D eigenvalue weighted by Crippen LogP contribution is -3.00. The molecule has 0 aromatic heterocycles. The Balaban J connectivity index is 0.00000364. The number of carboxylic acids is 1. The molecule has 2 aromatic rings. The van der Waals surface area contributed by atoms with Gasteiger partial charge >= 0.3 is 5.97 Å². The standard InChI is InChI=1S/C19H23NO6.ClH/c21-15(13-25-16-4-2-1-3-5-16)12-20-10-11-24-17-6-8-18(9-7-17)26-14-19(22)23;/h1-9,15,20-21H,10-14H2,(H,22,23);1H/p-1/t15-;/m1./s1. The monoisotopic (exact) mass is 396 g/mol. The first kappa shape index (κ1) is 22.6. The Labute approximate surface area is 164 Å². The van der Waals surface area contributed by atoms with E-state index in [1.54, 1.807) is 24.3 Å². The third-order valence-electron chi connectivity index (χ3n) is 3.30. The smallest absolute Gasteiger partial charge is 0.341 e. The average Bonchev–Trinajstić information content (AvgIpc) is 2.66. The summed E-state index contributed by atoms with van der Waals surface area (Å²) < 4.78 is 16.1. The van der Waals surface area contributed by atoms with Gasteiger partial charge in [0.05, 0.1) is 0 Å². The van der Waals surface area contributed by atoms with Crippen LogP contribution in [-0.2, 0) is 4.79 Å². The van der Waals surface area contributed by atoms with Crippen LogP contribution in [0.25, 0.3) is 0 Å². The van der Waals surface area contributed by atoms with Crippen LogP contribution in [-0.4, -0.2) is 55.2 Å². The van der Waals surface area contributed by atoms with E-state index in [0.29, 0.717) is 31.2 Å². The molecule has 148 valence electrons. The first-order valence-corrected chi connectivity index (χ1v) is 8.27. The van der Waals surface area contributed by atoms with Crippen molar-refractivity contribution in [3.63, 3.8) is 0 Å². The fourth-order valence-electron chi connectivity index (χ4n) is 2.05. The lowest BCUT2D eigenvalue weighted by Gasteiger charge is -2.13. The molecule has 3 N–H and O–H groups in total. The number of halogens is 1. The van der Waals surface area contributed by atoms with Gasteiger partial charge in [0.1, 0.15) is 36.6 Å². The number of aliphatic carboxylic acids is 1. The summed E-state index contributed by atoms with van der Waals surface area (Å²) in [6, 6.07) is 16.1. The lowest BCUT2D eigenvalue weighted by atomic mass is 10.3. The van der Waals surface area contributed by atoms with Gasteiger partial charge in [-0.05, 0) is 36.4 Å². The predicted molar refractivity (Wildman–Crippen MR) is 95.9 cm³/mol. The number of nitrogens with one attached hydrogen (secondary N) is 1. The fraction of sp³-hybridized carbons (Fsp3) is 0.316. The van der Waals surface area contributed by atoms with Crippen LogP contribution < -0.4 is 31.9 Å². The van der Waals surface area contributed by atoms with Gasteiger partial charge in [0, 0.05) is 13.1 Å². The van der Waals surface area contributed by atoms with Crippen LogP contribution in [0.1, 0.15) is 0 Å². The number of rotatable bonds is 12. The minimum atomic E-state index is -1.02. The molecule has 0 saturated heterocycles. The third-order valence-corrected chi connectivity index (χ3v) is 3.30. The third kappa shape index (κ3) is 9.69. The number of carbonyl (C=O) groups is 1. The van der Waals surface area contributed by atoms with Crippen LogP contribution >= 0.6 is 0 Å². The van der Waals surface area contributed by atoms with Gasteiger partial charge < -0.3 is 42.1 Å². The van der Waals surface area contributed by atoms with Crippen molar-refractivity contribution in [3.05, 3.63) is 54.6 Å². The Morgan fingerprint density at radius 1 is 0.926 bits per heavy atom. The second kappa shape index (κ2) is 12.8. The molecule has 0 amide bonds. The summed E-state index contributed by atoms with van der Waals surface area (Å²) in [7, 11) is 0. The second-order valence-corrected chi connectivity index (χ2v) is 5.48. The van der Waals surface area contributed by atoms with Crippen molar-refractivity contribution in [2.45, 2.75) is 6.10 Å². The van der Waals surface area contributed by atoms with Crippen molar-refractivity contribution in [1.82, 2.24) is 5.32 Å². The molecule has 0 aliphatic heterocycles. The SMILES string of the molecule is O=C(O)COc1ccc(OCCNC[C@@H](O)COc2ccccc2)cc1.[Cl-]. The van der Waals surface area contributed by atoms with Gasteiger partial charge in [-0.2, -0.15) is 0 Å². The highest BCUT2D eigenvalue weighted by Crippen LogP contribution is 2.17. The number of hydrogen-bond acceptors (Lipinski definition) is 6. The van der Waals surface area contributed by atoms with E-state index in [1.165, 1.54) is 0 Å². The van der Waals surface area contributed by atoms with Crippen molar-refractivity contribution in [2.75, 3.05) is 32.9 Å². The number of benzene rings is 2. The van der Waals surface area contributed by atoms with Crippen molar-refractivity contribution < 1.29 is 41.6 Å². The maximum absolute atomic E-state index is 10.4. The summed E-state index contributed by atoms with van der Waals surface area (Å²) in [5.74, 6) is 0.834. The summed E-state index contributed by atoms with van der Waals surface area (Å²) in [5.41, 5.74) is 0. The Bertz CT molecular complexity index is 653. The number of aliphatic hydroxyl groups is 1. The van der Waals surface area contributed by atoms with Crippen molar-refractivity contribution in [3.8, 4) is 17.2 Å². The highest BCUT2D eigenvalue weighted by atomic mass is 35.5. The van der Waals surface area contributed by atoms with Crippen LogP contribution in [0.5, 0.6) is 17.2 Å². The lowest BCUT2D eigenvalue weighted by molar-refractivity contribution is -0.139. The zero-order chi connectivity index (χ0) is 18.6. The average molecular weight is 397 g/mol. The highest BCUT2D eigenvalue weighted by molar-refractivity contribution is 5.68. The zero-order valence-corrected chi connectivity index (χ0v) is 15.5. The second-order valence-electron chi connectivity index (χ2n) is 5.48. The Morgan fingerprint density at radius 3 is 2.15 bits per heavy atom. The summed E-state index contributed by atoms with van der Waals surface area (Å²) >= 11 is 0. The molecule has 0 bridgehead atoms. The molecule has 27 heavy (non-hydrogen) atoms. The Hall–Kier alpha value is -2.48. The molecule has 7 nitrogen and oxygen atoms in total. The van der Waals surface area contributed by atoms with E-state index in [1.807, 2.05) is 30.3 Å². The highest BCUT2D eigenvalue weighted by Gasteiger charge is 2.05. The summed E-state index contributed by atoms with van der Waals surface area (Å²) in [6.07, 6.45) is -0.610. The largest absolute Gasteiger partial charge is 1.00 e. The molecule has 0 spiro atoms. The molecule has 0 aliphatic carbocycles. The molecule has 8 heteroatoms. The molecule has 0 heterocycles. The van der Waals surface area contributed by atoms with E-state index in [9.17, 15) is 9.90 Å². The van der Waals surface area contributed by atoms with E-state index < -0.39 is 12.1 Å². The number of para-hydroxylation sites is 1. The molecule has 1 atom stereocenters. The molecule has 2 aromatic carbocycles. The number of carboxylic acid groups (broad SMARTS) is 1. The molecule has 0 fully saturated rings. The predicted octanol–water partition coefficient (Wildman–Crippen LogP) is -1.44. The fourth-order valence-corrected chi connectivity index (χ4v) is 2.05. The van der Waals surface area contributed by atoms with Crippen LogP contribution in [0.2, 0.25) is 0 Å². The molecule has 0 aliphatic rings. The van der Waals surface area contributed by atoms with Crippen LogP contribution in [0, 0.1) is 0 Å². The van der Waals surface area contributed by atoms with Crippen LogP contribution in [0.4, 0.5) is 0 Å². The van der Waals surface area contributed by atoms with E-state index >= 15 is 0 Å². The quantitative estimate of drug-likeness (QED) is 0.378.